The summed E-state index contributed by atoms with van der Waals surface area (Å²) in [5.74, 6) is 0. The first-order valence-corrected chi connectivity index (χ1v) is 5.51. The summed E-state index contributed by atoms with van der Waals surface area (Å²) in [6, 6.07) is 9.01. The summed E-state index contributed by atoms with van der Waals surface area (Å²) in [7, 11) is 2.13. The molecule has 0 aromatic heterocycles. The van der Waals surface area contributed by atoms with E-state index in [-0.39, 0.29) is 5.41 Å². The van der Waals surface area contributed by atoms with E-state index in [0.29, 0.717) is 0 Å². The Balaban J connectivity index is 2.04. The molecule has 1 aliphatic carbocycles. The molecule has 0 atom stereocenters. The molecule has 0 bridgehead atoms. The van der Waals surface area contributed by atoms with Gasteiger partial charge in [-0.1, -0.05) is 12.1 Å². The van der Waals surface area contributed by atoms with Gasteiger partial charge in [0.1, 0.15) is 0 Å². The van der Waals surface area contributed by atoms with Crippen LogP contribution in [0.3, 0.4) is 0 Å². The number of nitrogens with zero attached hydrogens (tertiary/aromatic N) is 2. The molecule has 76 valence electrons. The molecule has 2 heteroatoms. The van der Waals surface area contributed by atoms with Crippen LogP contribution < -0.4 is 4.90 Å². The van der Waals surface area contributed by atoms with E-state index < -0.39 is 0 Å². The van der Waals surface area contributed by atoms with Gasteiger partial charge in [-0.2, -0.15) is 5.26 Å². The van der Waals surface area contributed by atoms with E-state index in [9.17, 15) is 0 Å². The van der Waals surface area contributed by atoms with Crippen molar-refractivity contribution in [1.29, 1.82) is 5.26 Å². The van der Waals surface area contributed by atoms with Gasteiger partial charge in [0.25, 0.3) is 0 Å². The van der Waals surface area contributed by atoms with Crippen molar-refractivity contribution in [2.24, 2.45) is 0 Å². The van der Waals surface area contributed by atoms with Gasteiger partial charge >= 0.3 is 0 Å². The lowest BCUT2D eigenvalue weighted by Gasteiger charge is -2.13. The van der Waals surface area contributed by atoms with Crippen LogP contribution in [0.4, 0.5) is 5.69 Å². The van der Waals surface area contributed by atoms with Crippen LogP contribution in [0, 0.1) is 11.3 Å². The van der Waals surface area contributed by atoms with Gasteiger partial charge in [-0.25, -0.2) is 0 Å². The Morgan fingerprint density at radius 2 is 2.20 bits per heavy atom. The highest BCUT2D eigenvalue weighted by atomic mass is 15.1. The molecular weight excluding hydrogens is 184 g/mol. The van der Waals surface area contributed by atoms with Crippen LogP contribution in [0.15, 0.2) is 18.2 Å². The first kappa shape index (κ1) is 8.79. The molecule has 0 saturated heterocycles. The molecule has 2 nitrogen and oxygen atoms in total. The topological polar surface area (TPSA) is 27.0 Å². The smallest absolute Gasteiger partial charge is 0.0823 e. The Bertz CT molecular complexity index is 452. The third-order valence-electron chi connectivity index (χ3n) is 3.72. The standard InChI is InChI=1S/C13H14N2/c1-15-7-4-10-8-11(2-3-12(10)15)13(9-14)5-6-13/h2-3,8H,4-7H2,1H3. The van der Waals surface area contributed by atoms with E-state index in [2.05, 4.69) is 36.2 Å². The van der Waals surface area contributed by atoms with Crippen LogP contribution in [0.5, 0.6) is 0 Å². The molecule has 0 radical (unpaired) electrons. The summed E-state index contributed by atoms with van der Waals surface area (Å²) in [6.45, 7) is 1.11. The molecule has 0 spiro atoms. The zero-order chi connectivity index (χ0) is 10.5. The van der Waals surface area contributed by atoms with Crippen molar-refractivity contribution in [1.82, 2.24) is 0 Å². The van der Waals surface area contributed by atoms with E-state index in [4.69, 9.17) is 5.26 Å². The minimum absolute atomic E-state index is 0.129. The normalized spacial score (nSPS) is 20.9. The molecule has 1 aromatic rings. The van der Waals surface area contributed by atoms with Crippen LogP contribution in [-0.4, -0.2) is 13.6 Å². The zero-order valence-electron chi connectivity index (χ0n) is 8.95. The SMILES string of the molecule is CN1CCc2cc(C3(C#N)CC3)ccc21. The fourth-order valence-electron chi connectivity index (χ4n) is 2.45. The van der Waals surface area contributed by atoms with Gasteiger partial charge in [0.2, 0.25) is 0 Å². The van der Waals surface area contributed by atoms with Gasteiger partial charge in [-0.05, 0) is 36.5 Å². The van der Waals surface area contributed by atoms with Gasteiger partial charge in [-0.3, -0.25) is 0 Å². The van der Waals surface area contributed by atoms with Crippen molar-refractivity contribution < 1.29 is 0 Å². The summed E-state index contributed by atoms with van der Waals surface area (Å²) in [5.41, 5.74) is 3.86. The minimum atomic E-state index is -0.129. The molecule has 0 amide bonds. The summed E-state index contributed by atoms with van der Waals surface area (Å²) in [5, 5.41) is 9.15. The van der Waals surface area contributed by atoms with Crippen molar-refractivity contribution in [2.75, 3.05) is 18.5 Å². The highest BCUT2D eigenvalue weighted by Gasteiger charge is 2.45. The first-order valence-electron chi connectivity index (χ1n) is 5.51. The number of hydrogen-bond donors (Lipinski definition) is 0. The van der Waals surface area contributed by atoms with Crippen LogP contribution >= 0.6 is 0 Å². The molecule has 1 fully saturated rings. The maximum absolute atomic E-state index is 9.15. The van der Waals surface area contributed by atoms with Crippen molar-refractivity contribution in [3.63, 3.8) is 0 Å². The van der Waals surface area contributed by atoms with Crippen LogP contribution in [0.2, 0.25) is 0 Å². The summed E-state index contributed by atoms with van der Waals surface area (Å²) >= 11 is 0. The zero-order valence-corrected chi connectivity index (χ0v) is 8.95. The lowest BCUT2D eigenvalue weighted by atomic mass is 9.95. The molecule has 1 heterocycles. The molecule has 0 N–H and O–H groups in total. The third-order valence-corrected chi connectivity index (χ3v) is 3.72. The highest BCUT2D eigenvalue weighted by Crippen LogP contribution is 2.48. The molecule has 0 unspecified atom stereocenters. The number of fused-ring (bicyclic) bond motifs is 1. The number of nitriles is 1. The Morgan fingerprint density at radius 3 is 2.87 bits per heavy atom. The van der Waals surface area contributed by atoms with Gasteiger partial charge < -0.3 is 4.90 Å². The van der Waals surface area contributed by atoms with Gasteiger partial charge in [0.15, 0.2) is 0 Å². The van der Waals surface area contributed by atoms with Gasteiger partial charge in [0.05, 0.1) is 11.5 Å². The van der Waals surface area contributed by atoms with Crippen molar-refractivity contribution in [2.45, 2.75) is 24.7 Å². The molecule has 1 aliphatic heterocycles. The molecule has 1 aromatic carbocycles. The summed E-state index contributed by atoms with van der Waals surface area (Å²) in [6.07, 6.45) is 3.21. The largest absolute Gasteiger partial charge is 0.374 e. The summed E-state index contributed by atoms with van der Waals surface area (Å²) < 4.78 is 0. The van der Waals surface area contributed by atoms with E-state index in [1.54, 1.807) is 0 Å². The monoisotopic (exact) mass is 198 g/mol. The predicted octanol–water partition coefficient (Wildman–Crippen LogP) is 2.23. The van der Waals surface area contributed by atoms with Crippen molar-refractivity contribution >= 4 is 5.69 Å². The first-order chi connectivity index (χ1) is 7.25. The average Bonchev–Trinajstić information content (AvgIpc) is 2.99. The van der Waals surface area contributed by atoms with E-state index in [1.807, 2.05) is 0 Å². The number of hydrogen-bond acceptors (Lipinski definition) is 2. The third kappa shape index (κ3) is 1.16. The minimum Gasteiger partial charge on any atom is -0.374 e. The fraction of sp³-hybridized carbons (Fsp3) is 0.462. The lowest BCUT2D eigenvalue weighted by molar-refractivity contribution is 0.904. The Hall–Kier alpha value is -1.49. The highest BCUT2D eigenvalue weighted by molar-refractivity contribution is 5.60. The Labute approximate surface area is 90.1 Å². The van der Waals surface area contributed by atoms with Crippen LogP contribution in [0.1, 0.15) is 24.0 Å². The Kier molecular flexibility index (Phi) is 1.62. The molecule has 1 saturated carbocycles. The van der Waals surface area contributed by atoms with E-state index in [0.717, 1.165) is 25.8 Å². The Morgan fingerprint density at radius 1 is 1.40 bits per heavy atom. The lowest BCUT2D eigenvalue weighted by Crippen LogP contribution is -2.12. The molecule has 3 rings (SSSR count). The predicted molar refractivity (Wildman–Crippen MR) is 59.9 cm³/mol. The second-order valence-electron chi connectivity index (χ2n) is 4.71. The molecule has 2 aliphatic rings. The fourth-order valence-corrected chi connectivity index (χ4v) is 2.45. The number of likely N-dealkylation sites (N-methyl/N-ethyl adjacent to an activating group) is 1. The number of benzene rings is 1. The average molecular weight is 198 g/mol. The summed E-state index contributed by atoms with van der Waals surface area (Å²) in [4.78, 5) is 2.28. The second-order valence-corrected chi connectivity index (χ2v) is 4.71. The van der Waals surface area contributed by atoms with Gasteiger partial charge in [-0.15, -0.1) is 0 Å². The number of rotatable bonds is 1. The van der Waals surface area contributed by atoms with E-state index in [1.165, 1.54) is 16.8 Å². The van der Waals surface area contributed by atoms with E-state index >= 15 is 0 Å². The maximum Gasteiger partial charge on any atom is 0.0823 e. The van der Waals surface area contributed by atoms with Crippen LogP contribution in [0.25, 0.3) is 0 Å². The maximum atomic E-state index is 9.15. The molecular formula is C13H14N2. The number of anilines is 1. The van der Waals surface area contributed by atoms with Crippen molar-refractivity contribution in [3.8, 4) is 6.07 Å². The second kappa shape index (κ2) is 2.76. The molecule has 15 heavy (non-hydrogen) atoms. The quantitative estimate of drug-likeness (QED) is 0.692. The van der Waals surface area contributed by atoms with Crippen molar-refractivity contribution in [3.05, 3.63) is 29.3 Å². The van der Waals surface area contributed by atoms with Gasteiger partial charge in [0, 0.05) is 19.3 Å². The van der Waals surface area contributed by atoms with Crippen LogP contribution in [-0.2, 0) is 11.8 Å².